The predicted molar refractivity (Wildman–Crippen MR) is 76.5 cm³/mol. The number of anilines is 1. The molecule has 2 N–H and O–H groups in total. The van der Waals surface area contributed by atoms with Crippen LogP contribution in [0.2, 0.25) is 5.02 Å². The standard InChI is InChI=1S/C15H14ClNO2/c16-13-8-7-12(10-14(13)18)17-15(19)9-6-11-4-2-1-3-5-11/h1-5,7-8,10,18H,6,9H2,(H,17,19). The van der Waals surface area contributed by atoms with Crippen LogP contribution in [-0.2, 0) is 11.2 Å². The largest absolute Gasteiger partial charge is 0.506 e. The summed E-state index contributed by atoms with van der Waals surface area (Å²) in [7, 11) is 0. The summed E-state index contributed by atoms with van der Waals surface area (Å²) >= 11 is 5.70. The summed E-state index contributed by atoms with van der Waals surface area (Å²) in [6, 6.07) is 14.5. The number of hydrogen-bond donors (Lipinski definition) is 2. The minimum atomic E-state index is -0.0921. The second-order valence-corrected chi connectivity index (χ2v) is 4.61. The number of hydrogen-bond acceptors (Lipinski definition) is 2. The summed E-state index contributed by atoms with van der Waals surface area (Å²) in [6.07, 6.45) is 1.08. The van der Waals surface area contributed by atoms with Crippen LogP contribution in [0.4, 0.5) is 5.69 Å². The molecule has 0 saturated carbocycles. The van der Waals surface area contributed by atoms with Gasteiger partial charge in [0.15, 0.2) is 0 Å². The summed E-state index contributed by atoms with van der Waals surface area (Å²) < 4.78 is 0. The van der Waals surface area contributed by atoms with Gasteiger partial charge < -0.3 is 10.4 Å². The Bertz CT molecular complexity index is 570. The molecule has 1 amide bonds. The van der Waals surface area contributed by atoms with Gasteiger partial charge in [-0.25, -0.2) is 0 Å². The van der Waals surface area contributed by atoms with Gasteiger partial charge in [0.25, 0.3) is 0 Å². The van der Waals surface area contributed by atoms with Gasteiger partial charge in [-0.05, 0) is 24.1 Å². The van der Waals surface area contributed by atoms with Gasteiger partial charge in [-0.3, -0.25) is 4.79 Å². The summed E-state index contributed by atoms with van der Waals surface area (Å²) in [6.45, 7) is 0. The van der Waals surface area contributed by atoms with Crippen molar-refractivity contribution in [1.29, 1.82) is 0 Å². The third kappa shape index (κ3) is 4.00. The first-order chi connectivity index (χ1) is 9.15. The smallest absolute Gasteiger partial charge is 0.224 e. The van der Waals surface area contributed by atoms with Gasteiger partial charge in [0.05, 0.1) is 5.02 Å². The Labute approximate surface area is 116 Å². The lowest BCUT2D eigenvalue weighted by Gasteiger charge is -2.06. The number of phenols is 1. The van der Waals surface area contributed by atoms with Gasteiger partial charge in [0.2, 0.25) is 5.91 Å². The van der Waals surface area contributed by atoms with Gasteiger partial charge >= 0.3 is 0 Å². The van der Waals surface area contributed by atoms with Crippen molar-refractivity contribution in [3.8, 4) is 5.75 Å². The fraction of sp³-hybridized carbons (Fsp3) is 0.133. The zero-order chi connectivity index (χ0) is 13.7. The fourth-order valence-corrected chi connectivity index (χ4v) is 1.83. The molecule has 0 aliphatic carbocycles. The van der Waals surface area contributed by atoms with E-state index < -0.39 is 0 Å². The third-order valence-corrected chi connectivity index (χ3v) is 3.03. The lowest BCUT2D eigenvalue weighted by atomic mass is 10.1. The van der Waals surface area contributed by atoms with Crippen LogP contribution < -0.4 is 5.32 Å². The number of phenolic OH excluding ortho intramolecular Hbond substituents is 1. The Hall–Kier alpha value is -2.00. The molecule has 0 saturated heterocycles. The van der Waals surface area contributed by atoms with Crippen molar-refractivity contribution in [3.63, 3.8) is 0 Å². The number of nitrogens with one attached hydrogen (secondary N) is 1. The first-order valence-corrected chi connectivity index (χ1v) is 6.35. The van der Waals surface area contributed by atoms with E-state index in [4.69, 9.17) is 11.6 Å². The first kappa shape index (κ1) is 13.4. The summed E-state index contributed by atoms with van der Waals surface area (Å²) in [5.41, 5.74) is 1.66. The van der Waals surface area contributed by atoms with Crippen LogP contribution in [0.5, 0.6) is 5.75 Å². The zero-order valence-electron chi connectivity index (χ0n) is 10.3. The molecule has 4 heteroatoms. The molecule has 0 aliphatic heterocycles. The van der Waals surface area contributed by atoms with Crippen LogP contribution in [-0.4, -0.2) is 11.0 Å². The quantitative estimate of drug-likeness (QED) is 0.895. The summed E-state index contributed by atoms with van der Waals surface area (Å²) in [5.74, 6) is -0.131. The molecule has 0 heterocycles. The zero-order valence-corrected chi connectivity index (χ0v) is 11.0. The molecule has 0 radical (unpaired) electrons. The highest BCUT2D eigenvalue weighted by atomic mass is 35.5. The van der Waals surface area contributed by atoms with E-state index in [0.717, 1.165) is 5.56 Å². The molecule has 0 aliphatic rings. The van der Waals surface area contributed by atoms with Gasteiger partial charge in [-0.15, -0.1) is 0 Å². The molecule has 0 fully saturated rings. The Morgan fingerprint density at radius 3 is 2.58 bits per heavy atom. The predicted octanol–water partition coefficient (Wildman–Crippen LogP) is 3.62. The number of benzene rings is 2. The lowest BCUT2D eigenvalue weighted by molar-refractivity contribution is -0.116. The maximum atomic E-state index is 11.8. The third-order valence-electron chi connectivity index (χ3n) is 2.71. The number of aryl methyl sites for hydroxylation is 1. The van der Waals surface area contributed by atoms with Crippen molar-refractivity contribution in [2.45, 2.75) is 12.8 Å². The molecular weight excluding hydrogens is 262 g/mol. The number of halogens is 1. The Morgan fingerprint density at radius 2 is 1.89 bits per heavy atom. The second-order valence-electron chi connectivity index (χ2n) is 4.20. The van der Waals surface area contributed by atoms with E-state index in [0.29, 0.717) is 18.5 Å². The molecule has 2 aromatic carbocycles. The highest BCUT2D eigenvalue weighted by molar-refractivity contribution is 6.32. The Kier molecular flexibility index (Phi) is 4.42. The molecule has 19 heavy (non-hydrogen) atoms. The summed E-state index contributed by atoms with van der Waals surface area (Å²) in [5, 5.41) is 12.4. The SMILES string of the molecule is O=C(CCc1ccccc1)Nc1ccc(Cl)c(O)c1. The van der Waals surface area contributed by atoms with E-state index >= 15 is 0 Å². The van der Waals surface area contributed by atoms with Crippen molar-refractivity contribution in [2.75, 3.05) is 5.32 Å². The normalized spacial score (nSPS) is 10.2. The van der Waals surface area contributed by atoms with E-state index in [9.17, 15) is 9.90 Å². The molecule has 2 aromatic rings. The van der Waals surface area contributed by atoms with Crippen molar-refractivity contribution < 1.29 is 9.90 Å². The van der Waals surface area contributed by atoms with Crippen molar-refractivity contribution in [1.82, 2.24) is 0 Å². The van der Waals surface area contributed by atoms with E-state index in [-0.39, 0.29) is 16.7 Å². The Balaban J connectivity index is 1.89. The van der Waals surface area contributed by atoms with E-state index in [1.807, 2.05) is 30.3 Å². The average Bonchev–Trinajstić information content (AvgIpc) is 2.42. The molecular formula is C15H14ClNO2. The first-order valence-electron chi connectivity index (χ1n) is 5.97. The molecule has 3 nitrogen and oxygen atoms in total. The van der Waals surface area contributed by atoms with Gasteiger partial charge in [-0.1, -0.05) is 41.9 Å². The summed E-state index contributed by atoms with van der Waals surface area (Å²) in [4.78, 5) is 11.8. The van der Waals surface area contributed by atoms with Crippen LogP contribution in [0.25, 0.3) is 0 Å². The molecule has 0 unspecified atom stereocenters. The number of amides is 1. The molecule has 98 valence electrons. The van der Waals surface area contributed by atoms with E-state index in [1.165, 1.54) is 6.07 Å². The topological polar surface area (TPSA) is 49.3 Å². The average molecular weight is 276 g/mol. The number of carbonyl (C=O) groups excluding carboxylic acids is 1. The number of aromatic hydroxyl groups is 1. The molecule has 0 spiro atoms. The van der Waals surface area contributed by atoms with Gasteiger partial charge in [0, 0.05) is 18.2 Å². The molecule has 0 atom stereocenters. The number of rotatable bonds is 4. The lowest BCUT2D eigenvalue weighted by Crippen LogP contribution is -2.12. The minimum absolute atomic E-state index is 0.0393. The molecule has 0 aromatic heterocycles. The maximum absolute atomic E-state index is 11.8. The second kappa shape index (κ2) is 6.25. The van der Waals surface area contributed by atoms with Crippen LogP contribution in [0.1, 0.15) is 12.0 Å². The van der Waals surface area contributed by atoms with Crippen molar-refractivity contribution in [3.05, 3.63) is 59.1 Å². The molecule has 2 rings (SSSR count). The maximum Gasteiger partial charge on any atom is 0.224 e. The van der Waals surface area contributed by atoms with Gasteiger partial charge in [-0.2, -0.15) is 0 Å². The number of carbonyl (C=O) groups is 1. The monoisotopic (exact) mass is 275 g/mol. The van der Waals surface area contributed by atoms with Crippen LogP contribution in [0.15, 0.2) is 48.5 Å². The van der Waals surface area contributed by atoms with Crippen LogP contribution >= 0.6 is 11.6 Å². The highest BCUT2D eigenvalue weighted by Crippen LogP contribution is 2.26. The fourth-order valence-electron chi connectivity index (χ4n) is 1.72. The van der Waals surface area contributed by atoms with E-state index in [1.54, 1.807) is 12.1 Å². The van der Waals surface area contributed by atoms with E-state index in [2.05, 4.69) is 5.32 Å². The minimum Gasteiger partial charge on any atom is -0.506 e. The van der Waals surface area contributed by atoms with Crippen LogP contribution in [0.3, 0.4) is 0 Å². The van der Waals surface area contributed by atoms with Crippen LogP contribution in [0, 0.1) is 0 Å². The van der Waals surface area contributed by atoms with Crippen molar-refractivity contribution >= 4 is 23.2 Å². The molecule has 0 bridgehead atoms. The van der Waals surface area contributed by atoms with Crippen molar-refractivity contribution in [2.24, 2.45) is 0 Å². The van der Waals surface area contributed by atoms with Gasteiger partial charge in [0.1, 0.15) is 5.75 Å². The Morgan fingerprint density at radius 1 is 1.16 bits per heavy atom. The highest BCUT2D eigenvalue weighted by Gasteiger charge is 2.05.